The second-order valence-electron chi connectivity index (χ2n) is 4.88. The van der Waals surface area contributed by atoms with E-state index in [0.29, 0.717) is 12.1 Å². The summed E-state index contributed by atoms with van der Waals surface area (Å²) >= 11 is 0. The van der Waals surface area contributed by atoms with E-state index in [4.69, 9.17) is 4.74 Å². The second kappa shape index (κ2) is 6.12. The lowest BCUT2D eigenvalue weighted by molar-refractivity contribution is 0.00337. The molecule has 1 fully saturated rings. The number of aromatic nitrogens is 3. The first-order chi connectivity index (χ1) is 8.25. The highest BCUT2D eigenvalue weighted by molar-refractivity contribution is 4.85. The molecule has 0 radical (unpaired) electrons. The summed E-state index contributed by atoms with van der Waals surface area (Å²) in [5.41, 5.74) is 0. The van der Waals surface area contributed by atoms with Gasteiger partial charge in [-0.3, -0.25) is 0 Å². The van der Waals surface area contributed by atoms with Gasteiger partial charge in [-0.15, -0.1) is 0 Å². The van der Waals surface area contributed by atoms with Gasteiger partial charge in [-0.25, -0.2) is 9.67 Å². The molecular formula is C12H22N4O. The van der Waals surface area contributed by atoms with Crippen molar-refractivity contribution in [3.05, 3.63) is 12.2 Å². The van der Waals surface area contributed by atoms with E-state index in [0.717, 1.165) is 31.9 Å². The standard InChI is InChI=1S/C12H22N4O/c1-10(2)13-7-12-14-9-15-16(12)8-11-5-3-4-6-17-11/h9-11,13H,3-8H2,1-2H3. The summed E-state index contributed by atoms with van der Waals surface area (Å²) in [5.74, 6) is 0.993. The summed E-state index contributed by atoms with van der Waals surface area (Å²) in [6.45, 7) is 6.74. The maximum atomic E-state index is 5.72. The predicted molar refractivity (Wildman–Crippen MR) is 65.6 cm³/mol. The number of nitrogens with zero attached hydrogens (tertiary/aromatic N) is 3. The van der Waals surface area contributed by atoms with Crippen LogP contribution in [0.2, 0.25) is 0 Å². The van der Waals surface area contributed by atoms with Crippen molar-refractivity contribution in [3.63, 3.8) is 0 Å². The molecule has 0 aromatic carbocycles. The van der Waals surface area contributed by atoms with Crippen LogP contribution in [0.1, 0.15) is 38.9 Å². The molecule has 17 heavy (non-hydrogen) atoms. The first-order valence-electron chi connectivity index (χ1n) is 6.47. The maximum absolute atomic E-state index is 5.72. The Balaban J connectivity index is 1.88. The summed E-state index contributed by atoms with van der Waals surface area (Å²) in [5, 5.41) is 7.64. The van der Waals surface area contributed by atoms with Crippen molar-refractivity contribution < 1.29 is 4.74 Å². The van der Waals surface area contributed by atoms with Gasteiger partial charge in [-0.1, -0.05) is 13.8 Å². The summed E-state index contributed by atoms with van der Waals surface area (Å²) in [6, 6.07) is 0.464. The molecule has 1 aliphatic rings. The summed E-state index contributed by atoms with van der Waals surface area (Å²) in [6.07, 6.45) is 5.52. The monoisotopic (exact) mass is 238 g/mol. The number of ether oxygens (including phenoxy) is 1. The van der Waals surface area contributed by atoms with Crippen LogP contribution < -0.4 is 5.32 Å². The van der Waals surface area contributed by atoms with Gasteiger partial charge in [0, 0.05) is 12.6 Å². The number of rotatable bonds is 5. The van der Waals surface area contributed by atoms with Gasteiger partial charge in [0.05, 0.1) is 19.2 Å². The van der Waals surface area contributed by atoms with Crippen LogP contribution in [0.5, 0.6) is 0 Å². The van der Waals surface area contributed by atoms with E-state index >= 15 is 0 Å². The first-order valence-corrected chi connectivity index (χ1v) is 6.47. The van der Waals surface area contributed by atoms with E-state index in [2.05, 4.69) is 29.2 Å². The van der Waals surface area contributed by atoms with Crippen molar-refractivity contribution in [2.45, 2.75) is 58.3 Å². The molecule has 96 valence electrons. The second-order valence-corrected chi connectivity index (χ2v) is 4.88. The Morgan fingerprint density at radius 2 is 2.41 bits per heavy atom. The molecule has 1 aliphatic heterocycles. The zero-order chi connectivity index (χ0) is 12.1. The number of nitrogens with one attached hydrogen (secondary N) is 1. The molecule has 5 nitrogen and oxygen atoms in total. The Bertz CT molecular complexity index is 331. The highest BCUT2D eigenvalue weighted by Gasteiger charge is 2.16. The summed E-state index contributed by atoms with van der Waals surface area (Å²) in [7, 11) is 0. The molecule has 2 rings (SSSR count). The van der Waals surface area contributed by atoms with Gasteiger partial charge in [0.25, 0.3) is 0 Å². The maximum Gasteiger partial charge on any atom is 0.140 e. The zero-order valence-electron chi connectivity index (χ0n) is 10.7. The Kier molecular flexibility index (Phi) is 4.50. The van der Waals surface area contributed by atoms with Crippen molar-refractivity contribution >= 4 is 0 Å². The van der Waals surface area contributed by atoms with Crippen LogP contribution in [-0.2, 0) is 17.8 Å². The number of hydrogen-bond acceptors (Lipinski definition) is 4. The molecule has 0 aliphatic carbocycles. The molecule has 2 heterocycles. The fraction of sp³-hybridized carbons (Fsp3) is 0.833. The SMILES string of the molecule is CC(C)NCc1ncnn1CC1CCCCO1. The van der Waals surface area contributed by atoms with Gasteiger partial charge in [0.1, 0.15) is 12.2 Å². The van der Waals surface area contributed by atoms with Crippen LogP contribution in [0, 0.1) is 0 Å². The van der Waals surface area contributed by atoms with Crippen LogP contribution in [0.15, 0.2) is 6.33 Å². The molecule has 0 saturated carbocycles. The van der Waals surface area contributed by atoms with Crippen LogP contribution in [-0.4, -0.2) is 33.5 Å². The van der Waals surface area contributed by atoms with Crippen molar-refractivity contribution in [3.8, 4) is 0 Å². The third-order valence-electron chi connectivity index (χ3n) is 3.01. The van der Waals surface area contributed by atoms with Crippen LogP contribution in [0.25, 0.3) is 0 Å². The molecule has 1 aromatic heterocycles. The van der Waals surface area contributed by atoms with Crippen molar-refractivity contribution in [2.75, 3.05) is 6.61 Å². The van der Waals surface area contributed by atoms with E-state index in [1.165, 1.54) is 12.8 Å². The average Bonchev–Trinajstić information content (AvgIpc) is 2.75. The Hall–Kier alpha value is -0.940. The van der Waals surface area contributed by atoms with Gasteiger partial charge < -0.3 is 10.1 Å². The Morgan fingerprint density at radius 3 is 3.12 bits per heavy atom. The van der Waals surface area contributed by atoms with Crippen LogP contribution in [0.3, 0.4) is 0 Å². The van der Waals surface area contributed by atoms with Crippen LogP contribution >= 0.6 is 0 Å². The molecule has 1 N–H and O–H groups in total. The van der Waals surface area contributed by atoms with Gasteiger partial charge in [-0.05, 0) is 19.3 Å². The van der Waals surface area contributed by atoms with Gasteiger partial charge in [-0.2, -0.15) is 5.10 Å². The number of hydrogen-bond donors (Lipinski definition) is 1. The zero-order valence-corrected chi connectivity index (χ0v) is 10.7. The van der Waals surface area contributed by atoms with E-state index in [-0.39, 0.29) is 0 Å². The minimum Gasteiger partial charge on any atom is -0.376 e. The fourth-order valence-corrected chi connectivity index (χ4v) is 2.02. The molecule has 0 bridgehead atoms. The van der Waals surface area contributed by atoms with E-state index < -0.39 is 0 Å². The Morgan fingerprint density at radius 1 is 1.53 bits per heavy atom. The van der Waals surface area contributed by atoms with E-state index in [1.807, 2.05) is 4.68 Å². The lowest BCUT2D eigenvalue weighted by Gasteiger charge is -2.23. The molecule has 5 heteroatoms. The summed E-state index contributed by atoms with van der Waals surface area (Å²) in [4.78, 5) is 4.29. The third-order valence-corrected chi connectivity index (χ3v) is 3.01. The highest BCUT2D eigenvalue weighted by atomic mass is 16.5. The van der Waals surface area contributed by atoms with Crippen molar-refractivity contribution in [2.24, 2.45) is 0 Å². The van der Waals surface area contributed by atoms with Crippen LogP contribution in [0.4, 0.5) is 0 Å². The molecule has 0 amide bonds. The van der Waals surface area contributed by atoms with Gasteiger partial charge in [0.2, 0.25) is 0 Å². The fourth-order valence-electron chi connectivity index (χ4n) is 2.02. The molecule has 1 aromatic rings. The lowest BCUT2D eigenvalue weighted by atomic mass is 10.1. The molecule has 1 atom stereocenters. The third kappa shape index (κ3) is 3.78. The molecule has 1 saturated heterocycles. The first kappa shape index (κ1) is 12.5. The largest absolute Gasteiger partial charge is 0.376 e. The normalized spacial score (nSPS) is 21.0. The summed E-state index contributed by atoms with van der Waals surface area (Å²) < 4.78 is 7.69. The van der Waals surface area contributed by atoms with Crippen molar-refractivity contribution in [1.82, 2.24) is 20.1 Å². The predicted octanol–water partition coefficient (Wildman–Crippen LogP) is 1.35. The lowest BCUT2D eigenvalue weighted by Crippen LogP contribution is -2.28. The smallest absolute Gasteiger partial charge is 0.140 e. The molecule has 1 unspecified atom stereocenters. The minimum atomic E-state index is 0.309. The van der Waals surface area contributed by atoms with E-state index in [1.54, 1.807) is 6.33 Å². The Labute approximate surface area is 103 Å². The molecular weight excluding hydrogens is 216 g/mol. The molecule has 0 spiro atoms. The van der Waals surface area contributed by atoms with E-state index in [9.17, 15) is 0 Å². The highest BCUT2D eigenvalue weighted by Crippen LogP contribution is 2.14. The van der Waals surface area contributed by atoms with Gasteiger partial charge in [0.15, 0.2) is 0 Å². The quantitative estimate of drug-likeness (QED) is 0.841. The van der Waals surface area contributed by atoms with Gasteiger partial charge >= 0.3 is 0 Å². The minimum absolute atomic E-state index is 0.309. The average molecular weight is 238 g/mol. The van der Waals surface area contributed by atoms with Crippen molar-refractivity contribution in [1.29, 1.82) is 0 Å². The topological polar surface area (TPSA) is 52.0 Å².